The highest BCUT2D eigenvalue weighted by Gasteiger charge is 2.18. The van der Waals surface area contributed by atoms with Crippen LogP contribution in [0, 0.1) is 0 Å². The van der Waals surface area contributed by atoms with Crippen molar-refractivity contribution in [1.29, 1.82) is 0 Å². The summed E-state index contributed by atoms with van der Waals surface area (Å²) in [7, 11) is 0. The molecule has 3 rings (SSSR count). The molecule has 0 radical (unpaired) electrons. The Morgan fingerprint density at radius 2 is 2.14 bits per heavy atom. The molecule has 1 aromatic carbocycles. The molecule has 3 aromatic rings. The highest BCUT2D eigenvalue weighted by molar-refractivity contribution is 6.10. The summed E-state index contributed by atoms with van der Waals surface area (Å²) in [5.74, 6) is -1.04. The summed E-state index contributed by atoms with van der Waals surface area (Å²) in [6.07, 6.45) is 1.32. The van der Waals surface area contributed by atoms with E-state index >= 15 is 0 Å². The molecule has 22 heavy (non-hydrogen) atoms. The molecule has 2 N–H and O–H groups in total. The Morgan fingerprint density at radius 3 is 2.86 bits per heavy atom. The highest BCUT2D eigenvalue weighted by atomic mass is 16.5. The number of pyridine rings is 1. The second kappa shape index (κ2) is 5.03. The molecular formula is C15H11NO6. The molecule has 0 atom stereocenters. The van der Waals surface area contributed by atoms with Gasteiger partial charge in [0.05, 0.1) is 12.0 Å². The van der Waals surface area contributed by atoms with Crippen molar-refractivity contribution in [3.05, 3.63) is 50.6 Å². The number of hydrogen-bond donors (Lipinski definition) is 2. The van der Waals surface area contributed by atoms with Crippen LogP contribution in [0.15, 0.2) is 38.4 Å². The maximum atomic E-state index is 11.8. The summed E-state index contributed by atoms with van der Waals surface area (Å²) in [5.41, 5.74) is -1.27. The van der Waals surface area contributed by atoms with Gasteiger partial charge in [0.2, 0.25) is 0 Å². The SMILES string of the molecule is CCOC(=O)c1c[nH]c2ccc3oc(=O)c(=O)cc3c2c1O. The summed E-state index contributed by atoms with van der Waals surface area (Å²) in [6.45, 7) is 1.80. The van der Waals surface area contributed by atoms with Crippen LogP contribution in [0.25, 0.3) is 21.9 Å². The zero-order chi connectivity index (χ0) is 15.9. The summed E-state index contributed by atoms with van der Waals surface area (Å²) in [4.78, 5) is 37.5. The van der Waals surface area contributed by atoms with E-state index in [1.165, 1.54) is 12.3 Å². The molecular weight excluding hydrogens is 290 g/mol. The van der Waals surface area contributed by atoms with Gasteiger partial charge in [0, 0.05) is 23.2 Å². The minimum absolute atomic E-state index is 0.0690. The quantitative estimate of drug-likeness (QED) is 0.321. The molecule has 7 heteroatoms. The van der Waals surface area contributed by atoms with Crippen LogP contribution in [0.2, 0.25) is 0 Å². The van der Waals surface area contributed by atoms with Gasteiger partial charge in [0.1, 0.15) is 16.9 Å². The van der Waals surface area contributed by atoms with Gasteiger partial charge in [-0.05, 0) is 19.1 Å². The second-order valence-electron chi connectivity index (χ2n) is 4.57. The zero-order valence-corrected chi connectivity index (χ0v) is 11.5. The third kappa shape index (κ3) is 2.03. The van der Waals surface area contributed by atoms with Crippen LogP contribution in [0.1, 0.15) is 17.3 Å². The van der Waals surface area contributed by atoms with Gasteiger partial charge in [-0.2, -0.15) is 0 Å². The lowest BCUT2D eigenvalue weighted by molar-refractivity contribution is 0.0523. The summed E-state index contributed by atoms with van der Waals surface area (Å²) in [5, 5.41) is 10.8. The first kappa shape index (κ1) is 13.9. The van der Waals surface area contributed by atoms with Crippen molar-refractivity contribution < 1.29 is 19.1 Å². The number of aromatic nitrogens is 1. The van der Waals surface area contributed by atoms with Crippen molar-refractivity contribution in [2.45, 2.75) is 6.92 Å². The van der Waals surface area contributed by atoms with Gasteiger partial charge in [-0.15, -0.1) is 0 Å². The second-order valence-corrected chi connectivity index (χ2v) is 4.57. The monoisotopic (exact) mass is 301 g/mol. The molecule has 0 fully saturated rings. The van der Waals surface area contributed by atoms with Gasteiger partial charge in [-0.25, -0.2) is 9.59 Å². The lowest BCUT2D eigenvalue weighted by Gasteiger charge is -2.09. The van der Waals surface area contributed by atoms with Crippen molar-refractivity contribution in [3.8, 4) is 5.75 Å². The fourth-order valence-corrected chi connectivity index (χ4v) is 2.27. The van der Waals surface area contributed by atoms with Gasteiger partial charge in [0.15, 0.2) is 0 Å². The fourth-order valence-electron chi connectivity index (χ4n) is 2.27. The summed E-state index contributed by atoms with van der Waals surface area (Å²) in [6, 6.07) is 4.14. The molecule has 0 aliphatic heterocycles. The normalized spacial score (nSPS) is 11.0. The number of aromatic amines is 1. The molecule has 0 unspecified atom stereocenters. The molecule has 7 nitrogen and oxygen atoms in total. The average molecular weight is 301 g/mol. The Hall–Kier alpha value is -3.09. The van der Waals surface area contributed by atoms with Crippen LogP contribution in [0.5, 0.6) is 5.75 Å². The van der Waals surface area contributed by atoms with Gasteiger partial charge >= 0.3 is 11.6 Å². The van der Waals surface area contributed by atoms with Crippen LogP contribution in [-0.2, 0) is 4.74 Å². The van der Waals surface area contributed by atoms with Crippen molar-refractivity contribution in [1.82, 2.24) is 4.98 Å². The van der Waals surface area contributed by atoms with Crippen LogP contribution < -0.4 is 11.1 Å². The van der Waals surface area contributed by atoms with Crippen molar-refractivity contribution in [2.75, 3.05) is 6.61 Å². The molecule has 112 valence electrons. The number of fused-ring (bicyclic) bond motifs is 3. The number of aromatic hydroxyl groups is 1. The Morgan fingerprint density at radius 1 is 1.36 bits per heavy atom. The summed E-state index contributed by atoms with van der Waals surface area (Å²) >= 11 is 0. The third-order valence-electron chi connectivity index (χ3n) is 3.24. The van der Waals surface area contributed by atoms with E-state index in [1.807, 2.05) is 0 Å². The Labute approximate surface area is 122 Å². The zero-order valence-electron chi connectivity index (χ0n) is 11.5. The van der Waals surface area contributed by atoms with Crippen LogP contribution >= 0.6 is 0 Å². The topological polar surface area (TPSA) is 110 Å². The van der Waals surface area contributed by atoms with Gasteiger partial charge < -0.3 is 19.2 Å². The molecule has 2 aromatic heterocycles. The maximum absolute atomic E-state index is 11.8. The number of esters is 1. The average Bonchev–Trinajstić information content (AvgIpc) is 2.48. The number of carbonyl (C=O) groups excluding carboxylic acids is 1. The van der Waals surface area contributed by atoms with E-state index in [2.05, 4.69) is 4.98 Å². The minimum Gasteiger partial charge on any atom is -0.506 e. The van der Waals surface area contributed by atoms with Gasteiger partial charge in [0.25, 0.3) is 5.43 Å². The largest absolute Gasteiger partial charge is 0.506 e. The third-order valence-corrected chi connectivity index (χ3v) is 3.24. The first-order valence-corrected chi connectivity index (χ1v) is 6.51. The molecule has 0 aliphatic carbocycles. The smallest absolute Gasteiger partial charge is 0.384 e. The Bertz CT molecular complexity index is 1010. The van der Waals surface area contributed by atoms with Crippen molar-refractivity contribution in [3.63, 3.8) is 0 Å². The minimum atomic E-state index is -0.989. The number of ether oxygens (including phenoxy) is 1. The Balaban J connectivity index is 2.43. The Kier molecular flexibility index (Phi) is 3.17. The number of H-pyrrole nitrogens is 1. The molecule has 0 saturated carbocycles. The van der Waals surface area contributed by atoms with Crippen molar-refractivity contribution in [2.24, 2.45) is 0 Å². The van der Waals surface area contributed by atoms with Gasteiger partial charge in [-0.1, -0.05) is 0 Å². The van der Waals surface area contributed by atoms with E-state index < -0.39 is 17.0 Å². The maximum Gasteiger partial charge on any atom is 0.384 e. The summed E-state index contributed by atoms with van der Waals surface area (Å²) < 4.78 is 9.75. The van der Waals surface area contributed by atoms with Crippen molar-refractivity contribution >= 4 is 27.8 Å². The molecule has 2 heterocycles. The van der Waals surface area contributed by atoms with E-state index in [4.69, 9.17) is 9.15 Å². The molecule has 0 amide bonds. The van der Waals surface area contributed by atoms with E-state index in [9.17, 15) is 19.5 Å². The van der Waals surface area contributed by atoms with E-state index in [-0.39, 0.29) is 34.3 Å². The highest BCUT2D eigenvalue weighted by Crippen LogP contribution is 2.32. The molecule has 0 bridgehead atoms. The predicted octanol–water partition coefficient (Wildman–Crippen LogP) is 1.52. The van der Waals surface area contributed by atoms with Gasteiger partial charge in [-0.3, -0.25) is 4.79 Å². The van der Waals surface area contributed by atoms with E-state index in [0.717, 1.165) is 6.07 Å². The number of hydrogen-bond acceptors (Lipinski definition) is 6. The van der Waals surface area contributed by atoms with Crippen LogP contribution in [0.3, 0.4) is 0 Å². The first-order valence-electron chi connectivity index (χ1n) is 6.51. The van der Waals surface area contributed by atoms with Crippen LogP contribution in [0.4, 0.5) is 0 Å². The number of rotatable bonds is 2. The molecule has 0 saturated heterocycles. The fraction of sp³-hybridized carbons (Fsp3) is 0.133. The number of nitrogens with one attached hydrogen (secondary N) is 1. The standard InChI is InChI=1S/C15H11NO6/c1-2-21-14(19)8-6-16-9-3-4-11-7(12(9)13(8)18)5-10(17)15(20)22-11/h3-6,16,18H,2H2,1H3. The predicted molar refractivity (Wildman–Crippen MR) is 78.2 cm³/mol. The molecule has 0 aliphatic rings. The van der Waals surface area contributed by atoms with Crippen LogP contribution in [-0.4, -0.2) is 22.7 Å². The first-order chi connectivity index (χ1) is 10.5. The molecule has 0 spiro atoms. The van der Waals surface area contributed by atoms with E-state index in [1.54, 1.807) is 13.0 Å². The lowest BCUT2D eigenvalue weighted by atomic mass is 10.1. The van der Waals surface area contributed by atoms with E-state index in [0.29, 0.717) is 5.52 Å². The number of benzene rings is 1. The lowest BCUT2D eigenvalue weighted by Crippen LogP contribution is -2.20. The number of carbonyl (C=O) groups is 1.